The van der Waals surface area contributed by atoms with Crippen molar-refractivity contribution in [3.63, 3.8) is 0 Å². The third kappa shape index (κ3) is 2.76. The Balaban J connectivity index is 2.91. The predicted octanol–water partition coefficient (Wildman–Crippen LogP) is 2.91. The van der Waals surface area contributed by atoms with Crippen molar-refractivity contribution in [1.82, 2.24) is 0 Å². The van der Waals surface area contributed by atoms with Gasteiger partial charge in [-0.15, -0.1) is 0 Å². The zero-order valence-electron chi connectivity index (χ0n) is 9.59. The summed E-state index contributed by atoms with van der Waals surface area (Å²) in [6.07, 6.45) is 1.35. The molecule has 3 N–H and O–H groups in total. The molecule has 16 heavy (non-hydrogen) atoms. The zero-order chi connectivity index (χ0) is 12.2. The van der Waals surface area contributed by atoms with Gasteiger partial charge in [-0.3, -0.25) is 4.79 Å². The fourth-order valence-electron chi connectivity index (χ4n) is 1.65. The van der Waals surface area contributed by atoms with Crippen LogP contribution in [0.5, 0.6) is 0 Å². The topological polar surface area (TPSA) is 55.1 Å². The second-order valence-corrected chi connectivity index (χ2v) is 4.70. The van der Waals surface area contributed by atoms with E-state index in [4.69, 9.17) is 5.73 Å². The second kappa shape index (κ2) is 5.34. The van der Waals surface area contributed by atoms with Crippen LogP contribution in [0.1, 0.15) is 26.7 Å². The number of amides is 1. The second-order valence-electron chi connectivity index (χ2n) is 3.79. The van der Waals surface area contributed by atoms with Crippen LogP contribution in [0.15, 0.2) is 28.7 Å². The highest BCUT2D eigenvalue weighted by Crippen LogP contribution is 2.23. The molecule has 4 heteroatoms. The molecule has 1 aromatic rings. The van der Waals surface area contributed by atoms with Crippen molar-refractivity contribution < 1.29 is 4.79 Å². The van der Waals surface area contributed by atoms with Crippen molar-refractivity contribution in [2.45, 2.75) is 32.2 Å². The summed E-state index contributed by atoms with van der Waals surface area (Å²) >= 11 is 3.37. The molecule has 0 radical (unpaired) electrons. The summed E-state index contributed by atoms with van der Waals surface area (Å²) in [5, 5.41) is 3.22. The number of hydrogen-bond donors (Lipinski definition) is 2. The van der Waals surface area contributed by atoms with E-state index in [1.807, 2.05) is 38.1 Å². The summed E-state index contributed by atoms with van der Waals surface area (Å²) in [4.78, 5) is 11.5. The van der Waals surface area contributed by atoms with Gasteiger partial charge in [0.1, 0.15) is 5.54 Å². The van der Waals surface area contributed by atoms with Crippen LogP contribution in [0, 0.1) is 0 Å². The Morgan fingerprint density at radius 2 is 1.81 bits per heavy atom. The van der Waals surface area contributed by atoms with Crippen molar-refractivity contribution in [2.75, 3.05) is 5.32 Å². The first-order valence-corrected chi connectivity index (χ1v) is 6.17. The van der Waals surface area contributed by atoms with Gasteiger partial charge in [0, 0.05) is 10.2 Å². The highest BCUT2D eigenvalue weighted by Gasteiger charge is 2.32. The molecule has 88 valence electrons. The van der Waals surface area contributed by atoms with Gasteiger partial charge >= 0.3 is 0 Å². The van der Waals surface area contributed by atoms with Crippen LogP contribution >= 0.6 is 15.9 Å². The van der Waals surface area contributed by atoms with E-state index < -0.39 is 5.54 Å². The smallest absolute Gasteiger partial charge is 0.243 e. The molecule has 0 fully saturated rings. The van der Waals surface area contributed by atoms with E-state index in [1.54, 1.807) is 0 Å². The molecule has 1 amide bonds. The Bertz CT molecular complexity index is 358. The quantitative estimate of drug-likeness (QED) is 0.874. The molecule has 0 saturated heterocycles. The molecule has 0 bridgehead atoms. The number of anilines is 1. The maximum Gasteiger partial charge on any atom is 0.243 e. The summed E-state index contributed by atoms with van der Waals surface area (Å²) in [5.41, 5.74) is 5.72. The highest BCUT2D eigenvalue weighted by atomic mass is 79.9. The minimum absolute atomic E-state index is 0.305. The normalized spacial score (nSPS) is 11.2. The standard InChI is InChI=1S/C12H17BrN2O/c1-3-12(4-2,11(14)16)15-10-7-5-9(13)6-8-10/h5-8,15H,3-4H2,1-2H3,(H2,14,16). The van der Waals surface area contributed by atoms with Gasteiger partial charge in [-0.05, 0) is 37.1 Å². The Hall–Kier alpha value is -1.03. The average Bonchev–Trinajstić information content (AvgIpc) is 2.28. The van der Waals surface area contributed by atoms with Gasteiger partial charge in [0.05, 0.1) is 0 Å². The Kier molecular flexibility index (Phi) is 4.35. The Morgan fingerprint density at radius 3 is 2.19 bits per heavy atom. The van der Waals surface area contributed by atoms with Gasteiger partial charge < -0.3 is 11.1 Å². The molecule has 0 heterocycles. The molecule has 3 nitrogen and oxygen atoms in total. The summed E-state index contributed by atoms with van der Waals surface area (Å²) in [6, 6.07) is 7.71. The molecule has 0 spiro atoms. The summed E-state index contributed by atoms with van der Waals surface area (Å²) < 4.78 is 1.01. The highest BCUT2D eigenvalue weighted by molar-refractivity contribution is 9.10. The lowest BCUT2D eigenvalue weighted by Crippen LogP contribution is -2.49. The number of halogens is 1. The third-order valence-corrected chi connectivity index (χ3v) is 3.44. The summed E-state index contributed by atoms with van der Waals surface area (Å²) in [6.45, 7) is 3.92. The average molecular weight is 285 g/mol. The molecule has 0 aliphatic heterocycles. The third-order valence-electron chi connectivity index (χ3n) is 2.91. The largest absolute Gasteiger partial charge is 0.371 e. The lowest BCUT2D eigenvalue weighted by Gasteiger charge is -2.30. The van der Waals surface area contributed by atoms with Crippen LogP contribution in [0.2, 0.25) is 0 Å². The van der Waals surface area contributed by atoms with Gasteiger partial charge in [-0.25, -0.2) is 0 Å². The SMILES string of the molecule is CCC(CC)(Nc1ccc(Br)cc1)C(N)=O. The maximum absolute atomic E-state index is 11.5. The molecule has 0 unspecified atom stereocenters. The van der Waals surface area contributed by atoms with E-state index in [0.29, 0.717) is 12.8 Å². The van der Waals surface area contributed by atoms with E-state index in [0.717, 1.165) is 10.2 Å². The molecule has 0 aliphatic carbocycles. The minimum atomic E-state index is -0.645. The van der Waals surface area contributed by atoms with Crippen LogP contribution in [0.3, 0.4) is 0 Å². The summed E-state index contributed by atoms with van der Waals surface area (Å²) in [5.74, 6) is -0.305. The fourth-order valence-corrected chi connectivity index (χ4v) is 1.91. The van der Waals surface area contributed by atoms with E-state index >= 15 is 0 Å². The van der Waals surface area contributed by atoms with E-state index in [1.165, 1.54) is 0 Å². The van der Waals surface area contributed by atoms with Crippen LogP contribution < -0.4 is 11.1 Å². The fraction of sp³-hybridized carbons (Fsp3) is 0.417. The number of carbonyl (C=O) groups is 1. The Morgan fingerprint density at radius 1 is 1.31 bits per heavy atom. The van der Waals surface area contributed by atoms with Crippen LogP contribution in [0.4, 0.5) is 5.69 Å². The van der Waals surface area contributed by atoms with Gasteiger partial charge in [-0.1, -0.05) is 29.8 Å². The van der Waals surface area contributed by atoms with Gasteiger partial charge in [0.15, 0.2) is 0 Å². The van der Waals surface area contributed by atoms with Crippen LogP contribution in [-0.4, -0.2) is 11.4 Å². The molecular formula is C12H17BrN2O. The van der Waals surface area contributed by atoms with E-state index in [-0.39, 0.29) is 5.91 Å². The number of primary amides is 1. The molecule has 0 aromatic heterocycles. The molecule has 0 aliphatic rings. The molecular weight excluding hydrogens is 268 g/mol. The number of nitrogens with two attached hydrogens (primary N) is 1. The van der Waals surface area contributed by atoms with Gasteiger partial charge in [0.25, 0.3) is 0 Å². The van der Waals surface area contributed by atoms with E-state index in [2.05, 4.69) is 21.2 Å². The van der Waals surface area contributed by atoms with Crippen molar-refractivity contribution >= 4 is 27.5 Å². The number of nitrogens with one attached hydrogen (secondary N) is 1. The van der Waals surface area contributed by atoms with Crippen molar-refractivity contribution in [3.8, 4) is 0 Å². The minimum Gasteiger partial charge on any atom is -0.371 e. The lowest BCUT2D eigenvalue weighted by atomic mass is 9.91. The predicted molar refractivity (Wildman–Crippen MR) is 70.3 cm³/mol. The van der Waals surface area contributed by atoms with E-state index in [9.17, 15) is 4.79 Å². The molecule has 1 aromatic carbocycles. The van der Waals surface area contributed by atoms with Crippen molar-refractivity contribution in [1.29, 1.82) is 0 Å². The molecule has 1 rings (SSSR count). The lowest BCUT2D eigenvalue weighted by molar-refractivity contribution is -0.122. The monoisotopic (exact) mass is 284 g/mol. The van der Waals surface area contributed by atoms with Crippen LogP contribution in [-0.2, 0) is 4.79 Å². The van der Waals surface area contributed by atoms with Crippen LogP contribution in [0.25, 0.3) is 0 Å². The number of hydrogen-bond acceptors (Lipinski definition) is 2. The maximum atomic E-state index is 11.5. The number of benzene rings is 1. The van der Waals surface area contributed by atoms with Crippen molar-refractivity contribution in [3.05, 3.63) is 28.7 Å². The van der Waals surface area contributed by atoms with Gasteiger partial charge in [-0.2, -0.15) is 0 Å². The number of rotatable bonds is 5. The number of carbonyl (C=O) groups excluding carboxylic acids is 1. The zero-order valence-corrected chi connectivity index (χ0v) is 11.2. The molecule has 0 saturated carbocycles. The van der Waals surface area contributed by atoms with Gasteiger partial charge in [0.2, 0.25) is 5.91 Å². The first kappa shape index (κ1) is 13.0. The summed E-state index contributed by atoms with van der Waals surface area (Å²) in [7, 11) is 0. The Labute approximate surface area is 105 Å². The first-order valence-electron chi connectivity index (χ1n) is 5.37. The molecule has 0 atom stereocenters. The van der Waals surface area contributed by atoms with Crippen molar-refractivity contribution in [2.24, 2.45) is 5.73 Å². The first-order chi connectivity index (χ1) is 7.54.